The van der Waals surface area contributed by atoms with E-state index in [1.54, 1.807) is 0 Å². The number of carbonyl (C=O) groups is 1. The van der Waals surface area contributed by atoms with Crippen molar-refractivity contribution in [3.05, 3.63) is 23.0 Å². The molecule has 17 heavy (non-hydrogen) atoms. The summed E-state index contributed by atoms with van der Waals surface area (Å²) in [4.78, 5) is 11.8. The molecule has 1 aliphatic carbocycles. The molecule has 94 valence electrons. The number of hydrogen-bond donors (Lipinski definition) is 0. The molecule has 0 aliphatic heterocycles. The minimum absolute atomic E-state index is 0.267. The summed E-state index contributed by atoms with van der Waals surface area (Å²) in [5.41, 5.74) is 3.34. The highest BCUT2D eigenvalue weighted by Gasteiger charge is 2.22. The zero-order chi connectivity index (χ0) is 12.4. The third-order valence-electron chi connectivity index (χ3n) is 3.30. The van der Waals surface area contributed by atoms with Crippen LogP contribution in [-0.2, 0) is 17.7 Å². The first-order valence-corrected chi connectivity index (χ1v) is 6.43. The maximum absolute atomic E-state index is 11.8. The summed E-state index contributed by atoms with van der Waals surface area (Å²) in [6.45, 7) is 7.73. The number of Topliss-reactive ketones (excluding diaryl/α,β-unsaturated/α-hetero) is 1. The summed E-state index contributed by atoms with van der Waals surface area (Å²) in [7, 11) is 0. The number of rotatable bonds is 4. The lowest BCUT2D eigenvalue weighted by molar-refractivity contribution is 0.0719. The Morgan fingerprint density at radius 3 is 2.88 bits per heavy atom. The minimum Gasteiger partial charge on any atom is -0.377 e. The van der Waals surface area contributed by atoms with E-state index in [0.29, 0.717) is 18.8 Å². The molecule has 0 unspecified atom stereocenters. The predicted octanol–water partition coefficient (Wildman–Crippen LogP) is 2.74. The molecular weight excluding hydrogens is 214 g/mol. The second-order valence-electron chi connectivity index (χ2n) is 4.99. The highest BCUT2D eigenvalue weighted by atomic mass is 16.5. The molecule has 1 aromatic rings. The van der Waals surface area contributed by atoms with Crippen LogP contribution < -0.4 is 0 Å². The molecule has 1 aliphatic rings. The van der Waals surface area contributed by atoms with Crippen molar-refractivity contribution < 1.29 is 9.53 Å². The first-order valence-electron chi connectivity index (χ1n) is 6.43. The van der Waals surface area contributed by atoms with Crippen LogP contribution in [0, 0.1) is 6.92 Å². The Balaban J connectivity index is 2.14. The van der Waals surface area contributed by atoms with Gasteiger partial charge in [-0.2, -0.15) is 0 Å². The summed E-state index contributed by atoms with van der Waals surface area (Å²) in [6, 6.07) is 2.03. The number of fused-ring (bicyclic) bond motifs is 1. The lowest BCUT2D eigenvalue weighted by atomic mass is 9.97. The van der Waals surface area contributed by atoms with E-state index in [2.05, 4.69) is 11.5 Å². The first kappa shape index (κ1) is 12.4. The third-order valence-corrected chi connectivity index (χ3v) is 3.30. The van der Waals surface area contributed by atoms with Gasteiger partial charge in [0.05, 0.1) is 12.7 Å². The van der Waals surface area contributed by atoms with Gasteiger partial charge >= 0.3 is 0 Å². The first-order chi connectivity index (χ1) is 8.09. The van der Waals surface area contributed by atoms with Gasteiger partial charge in [-0.05, 0) is 39.7 Å². The molecule has 0 aromatic carbocycles. The fourth-order valence-corrected chi connectivity index (χ4v) is 2.48. The lowest BCUT2D eigenvalue weighted by Gasteiger charge is -2.16. The van der Waals surface area contributed by atoms with Gasteiger partial charge < -0.3 is 9.30 Å². The van der Waals surface area contributed by atoms with Gasteiger partial charge in [-0.15, -0.1) is 0 Å². The Morgan fingerprint density at radius 2 is 2.18 bits per heavy atom. The molecule has 0 atom stereocenters. The van der Waals surface area contributed by atoms with Crippen molar-refractivity contribution in [3.8, 4) is 0 Å². The number of ether oxygens (including phenoxy) is 1. The molecular formula is C14H21NO2. The zero-order valence-corrected chi connectivity index (χ0v) is 11.0. The Labute approximate surface area is 103 Å². The number of nitrogens with zero attached hydrogens (tertiary/aromatic N) is 1. The SMILES string of the molecule is Cc1cc2c(n1CCOC(C)C)CCCC2=O. The standard InChI is InChI=1S/C14H21NO2/c1-10(2)17-8-7-15-11(3)9-12-13(15)5-4-6-14(12)16/h9-10H,4-8H2,1-3H3. The van der Waals surface area contributed by atoms with E-state index < -0.39 is 0 Å². The Hall–Kier alpha value is -1.09. The molecule has 0 fully saturated rings. The average molecular weight is 235 g/mol. The number of hydrogen-bond acceptors (Lipinski definition) is 2. The Kier molecular flexibility index (Phi) is 3.67. The van der Waals surface area contributed by atoms with Crippen molar-refractivity contribution >= 4 is 5.78 Å². The number of carbonyl (C=O) groups excluding carboxylic acids is 1. The normalized spacial score (nSPS) is 15.4. The summed E-state index contributed by atoms with van der Waals surface area (Å²) in [6.07, 6.45) is 2.99. The number of aryl methyl sites for hydroxylation is 1. The molecule has 0 amide bonds. The highest BCUT2D eigenvalue weighted by Crippen LogP contribution is 2.24. The maximum atomic E-state index is 11.8. The van der Waals surface area contributed by atoms with Gasteiger partial charge in [-0.25, -0.2) is 0 Å². The Morgan fingerprint density at radius 1 is 1.41 bits per heavy atom. The average Bonchev–Trinajstić information content (AvgIpc) is 2.57. The van der Waals surface area contributed by atoms with Crippen molar-refractivity contribution in [2.24, 2.45) is 0 Å². The fraction of sp³-hybridized carbons (Fsp3) is 0.643. The van der Waals surface area contributed by atoms with Crippen LogP contribution in [0.4, 0.5) is 0 Å². The number of aromatic nitrogens is 1. The molecule has 1 aromatic heterocycles. The third kappa shape index (κ3) is 2.60. The molecule has 3 nitrogen and oxygen atoms in total. The lowest BCUT2D eigenvalue weighted by Crippen LogP contribution is -2.17. The van der Waals surface area contributed by atoms with Crippen LogP contribution in [0.25, 0.3) is 0 Å². The van der Waals surface area contributed by atoms with E-state index in [0.717, 1.165) is 24.9 Å². The highest BCUT2D eigenvalue weighted by molar-refractivity contribution is 5.98. The molecule has 0 saturated heterocycles. The van der Waals surface area contributed by atoms with E-state index in [4.69, 9.17) is 4.74 Å². The molecule has 0 radical (unpaired) electrons. The van der Waals surface area contributed by atoms with Crippen molar-refractivity contribution in [2.45, 2.75) is 52.7 Å². The van der Waals surface area contributed by atoms with E-state index in [9.17, 15) is 4.79 Å². The van der Waals surface area contributed by atoms with Crippen LogP contribution >= 0.6 is 0 Å². The Bertz CT molecular complexity index is 418. The van der Waals surface area contributed by atoms with Crippen LogP contribution in [0.5, 0.6) is 0 Å². The van der Waals surface area contributed by atoms with Gasteiger partial charge in [0.15, 0.2) is 5.78 Å². The second-order valence-corrected chi connectivity index (χ2v) is 4.99. The molecule has 2 rings (SSSR count). The second kappa shape index (κ2) is 5.05. The summed E-state index contributed by atoms with van der Waals surface area (Å²) < 4.78 is 7.83. The fourth-order valence-electron chi connectivity index (χ4n) is 2.48. The van der Waals surface area contributed by atoms with Crippen molar-refractivity contribution in [3.63, 3.8) is 0 Å². The van der Waals surface area contributed by atoms with Gasteiger partial charge in [-0.3, -0.25) is 4.79 Å². The zero-order valence-electron chi connectivity index (χ0n) is 11.0. The van der Waals surface area contributed by atoms with E-state index in [-0.39, 0.29) is 6.10 Å². The van der Waals surface area contributed by atoms with Crippen LogP contribution in [0.1, 0.15) is 48.4 Å². The van der Waals surface area contributed by atoms with Crippen LogP contribution in [0.15, 0.2) is 6.07 Å². The van der Waals surface area contributed by atoms with Crippen LogP contribution in [-0.4, -0.2) is 23.1 Å². The molecule has 0 spiro atoms. The monoisotopic (exact) mass is 235 g/mol. The summed E-state index contributed by atoms with van der Waals surface area (Å²) in [5.74, 6) is 0.304. The topological polar surface area (TPSA) is 31.2 Å². The van der Waals surface area contributed by atoms with Gasteiger partial charge in [0.25, 0.3) is 0 Å². The molecule has 0 saturated carbocycles. The van der Waals surface area contributed by atoms with Gasteiger partial charge in [-0.1, -0.05) is 0 Å². The van der Waals surface area contributed by atoms with Gasteiger partial charge in [0.1, 0.15) is 0 Å². The maximum Gasteiger partial charge on any atom is 0.164 e. The molecule has 0 N–H and O–H groups in total. The molecule has 3 heteroatoms. The van der Waals surface area contributed by atoms with E-state index in [1.165, 1.54) is 11.4 Å². The summed E-state index contributed by atoms with van der Waals surface area (Å²) >= 11 is 0. The van der Waals surface area contributed by atoms with Crippen molar-refractivity contribution in [1.29, 1.82) is 0 Å². The molecule has 1 heterocycles. The van der Waals surface area contributed by atoms with Crippen LogP contribution in [0.2, 0.25) is 0 Å². The van der Waals surface area contributed by atoms with E-state index >= 15 is 0 Å². The largest absolute Gasteiger partial charge is 0.377 e. The minimum atomic E-state index is 0.267. The smallest absolute Gasteiger partial charge is 0.164 e. The van der Waals surface area contributed by atoms with Gasteiger partial charge in [0.2, 0.25) is 0 Å². The van der Waals surface area contributed by atoms with E-state index in [1.807, 2.05) is 19.9 Å². The number of ketones is 1. The predicted molar refractivity (Wildman–Crippen MR) is 67.5 cm³/mol. The summed E-state index contributed by atoms with van der Waals surface area (Å²) in [5, 5.41) is 0. The quantitative estimate of drug-likeness (QED) is 0.803. The van der Waals surface area contributed by atoms with Crippen LogP contribution in [0.3, 0.4) is 0 Å². The van der Waals surface area contributed by atoms with Crippen molar-refractivity contribution in [1.82, 2.24) is 4.57 Å². The van der Waals surface area contributed by atoms with Crippen molar-refractivity contribution in [2.75, 3.05) is 6.61 Å². The van der Waals surface area contributed by atoms with Gasteiger partial charge in [0, 0.05) is 29.9 Å². The molecule has 0 bridgehead atoms.